The molecule has 1 saturated carbocycles. The zero-order valence-corrected chi connectivity index (χ0v) is 16.6. The number of hydrogen-bond donors (Lipinski definition) is 1. The highest BCUT2D eigenvalue weighted by atomic mass is 16.5. The standard InChI is InChI=1S/C22H24N4O3/c1-14-4-3-5-18(23-14)22(28)24-20-10-16-12-26(25-19(16)11-21(20)29-2)17-8-6-15(13-27)7-9-17/h3-5,10-13,15,17H,6-9H2,1-2H3,(H,24,28). The van der Waals surface area contributed by atoms with Gasteiger partial charge >= 0.3 is 0 Å². The van der Waals surface area contributed by atoms with E-state index in [1.807, 2.05) is 36.0 Å². The molecule has 0 atom stereocenters. The molecule has 0 radical (unpaired) electrons. The number of aldehydes is 1. The van der Waals surface area contributed by atoms with Crippen LogP contribution < -0.4 is 10.1 Å². The summed E-state index contributed by atoms with van der Waals surface area (Å²) in [6.45, 7) is 1.85. The van der Waals surface area contributed by atoms with E-state index < -0.39 is 0 Å². The Labute approximate surface area is 169 Å². The molecule has 1 amide bonds. The Hall–Kier alpha value is -3.22. The van der Waals surface area contributed by atoms with E-state index in [1.54, 1.807) is 19.2 Å². The van der Waals surface area contributed by atoms with E-state index in [-0.39, 0.29) is 11.8 Å². The van der Waals surface area contributed by atoms with Crippen molar-refractivity contribution in [2.24, 2.45) is 5.92 Å². The number of amides is 1. The molecule has 2 heterocycles. The lowest BCUT2D eigenvalue weighted by molar-refractivity contribution is -0.112. The summed E-state index contributed by atoms with van der Waals surface area (Å²) in [5, 5.41) is 8.53. The summed E-state index contributed by atoms with van der Waals surface area (Å²) in [5.41, 5.74) is 2.53. The van der Waals surface area contributed by atoms with Crippen LogP contribution in [-0.2, 0) is 4.79 Å². The molecule has 3 aromatic rings. The first-order valence-corrected chi connectivity index (χ1v) is 9.84. The highest BCUT2D eigenvalue weighted by Gasteiger charge is 2.23. The second kappa shape index (κ2) is 8.03. The molecule has 7 nitrogen and oxygen atoms in total. The number of fused-ring (bicyclic) bond motifs is 1. The molecular weight excluding hydrogens is 368 g/mol. The predicted octanol–water partition coefficient (Wildman–Crippen LogP) is 3.93. The molecule has 2 aromatic heterocycles. The molecule has 1 aromatic carbocycles. The van der Waals surface area contributed by atoms with Gasteiger partial charge in [-0.15, -0.1) is 0 Å². The van der Waals surface area contributed by atoms with Gasteiger partial charge in [0.15, 0.2) is 0 Å². The monoisotopic (exact) mass is 392 g/mol. The number of hydrogen-bond acceptors (Lipinski definition) is 5. The maximum atomic E-state index is 12.6. The van der Waals surface area contributed by atoms with Crippen molar-refractivity contribution in [3.05, 3.63) is 47.9 Å². The van der Waals surface area contributed by atoms with Crippen LogP contribution in [-0.4, -0.2) is 34.1 Å². The summed E-state index contributed by atoms with van der Waals surface area (Å²) in [6, 6.07) is 9.34. The number of aryl methyl sites for hydroxylation is 1. The van der Waals surface area contributed by atoms with Crippen LogP contribution in [0.1, 0.15) is 47.9 Å². The van der Waals surface area contributed by atoms with E-state index >= 15 is 0 Å². The third kappa shape index (κ3) is 3.99. The smallest absolute Gasteiger partial charge is 0.274 e. The molecule has 29 heavy (non-hydrogen) atoms. The van der Waals surface area contributed by atoms with Crippen molar-refractivity contribution in [1.29, 1.82) is 0 Å². The van der Waals surface area contributed by atoms with Gasteiger partial charge in [0.05, 0.1) is 24.4 Å². The second-order valence-corrected chi connectivity index (χ2v) is 7.54. The highest BCUT2D eigenvalue weighted by molar-refractivity contribution is 6.05. The SMILES string of the molecule is COc1cc2nn(C3CCC(C=O)CC3)cc2cc1NC(=O)c1cccc(C)n1. The lowest BCUT2D eigenvalue weighted by Crippen LogP contribution is -2.19. The van der Waals surface area contributed by atoms with Crippen molar-refractivity contribution in [2.75, 3.05) is 12.4 Å². The Morgan fingerprint density at radius 2 is 2.03 bits per heavy atom. The number of nitrogens with zero attached hydrogens (tertiary/aromatic N) is 3. The van der Waals surface area contributed by atoms with Crippen LogP contribution in [0.4, 0.5) is 5.69 Å². The summed E-state index contributed by atoms with van der Waals surface area (Å²) in [5.74, 6) is 0.438. The van der Waals surface area contributed by atoms with E-state index in [9.17, 15) is 9.59 Å². The van der Waals surface area contributed by atoms with Crippen LogP contribution in [0.25, 0.3) is 10.9 Å². The largest absolute Gasteiger partial charge is 0.494 e. The number of pyridine rings is 1. The minimum Gasteiger partial charge on any atom is -0.494 e. The summed E-state index contributed by atoms with van der Waals surface area (Å²) in [7, 11) is 1.57. The Morgan fingerprint density at radius 1 is 1.24 bits per heavy atom. The summed E-state index contributed by atoms with van der Waals surface area (Å²) in [4.78, 5) is 27.9. The maximum absolute atomic E-state index is 12.6. The average molecular weight is 392 g/mol. The van der Waals surface area contributed by atoms with Crippen molar-refractivity contribution in [2.45, 2.75) is 38.6 Å². The van der Waals surface area contributed by atoms with Gasteiger partial charge in [-0.1, -0.05) is 6.07 Å². The van der Waals surface area contributed by atoms with Gasteiger partial charge in [0.25, 0.3) is 5.91 Å². The predicted molar refractivity (Wildman–Crippen MR) is 110 cm³/mol. The molecule has 1 aliphatic carbocycles. The quantitative estimate of drug-likeness (QED) is 0.665. The molecule has 150 valence electrons. The van der Waals surface area contributed by atoms with Gasteiger partial charge in [-0.25, -0.2) is 4.98 Å². The first kappa shape index (κ1) is 19.1. The topological polar surface area (TPSA) is 86.1 Å². The maximum Gasteiger partial charge on any atom is 0.274 e. The number of aromatic nitrogens is 3. The van der Waals surface area contributed by atoms with Crippen LogP contribution in [0.15, 0.2) is 36.5 Å². The number of benzene rings is 1. The molecule has 0 spiro atoms. The van der Waals surface area contributed by atoms with Crippen LogP contribution in [0, 0.1) is 12.8 Å². The molecular formula is C22H24N4O3. The molecule has 0 aliphatic heterocycles. The fourth-order valence-electron chi connectivity index (χ4n) is 3.88. The highest BCUT2D eigenvalue weighted by Crippen LogP contribution is 2.34. The lowest BCUT2D eigenvalue weighted by atomic mass is 9.87. The molecule has 0 saturated heterocycles. The molecule has 7 heteroatoms. The van der Waals surface area contributed by atoms with Crippen molar-refractivity contribution in [1.82, 2.24) is 14.8 Å². The Morgan fingerprint density at radius 3 is 2.72 bits per heavy atom. The molecule has 1 fully saturated rings. The number of anilines is 1. The van der Waals surface area contributed by atoms with E-state index in [1.165, 1.54) is 0 Å². The van der Waals surface area contributed by atoms with Gasteiger partial charge in [0.1, 0.15) is 17.7 Å². The summed E-state index contributed by atoms with van der Waals surface area (Å²) >= 11 is 0. The molecule has 1 N–H and O–H groups in total. The van der Waals surface area contributed by atoms with Gasteiger partial charge < -0.3 is 14.8 Å². The van der Waals surface area contributed by atoms with E-state index in [0.29, 0.717) is 23.2 Å². The summed E-state index contributed by atoms with van der Waals surface area (Å²) < 4.78 is 7.46. The van der Waals surface area contributed by atoms with E-state index in [2.05, 4.69) is 10.3 Å². The third-order valence-corrected chi connectivity index (χ3v) is 5.52. The van der Waals surface area contributed by atoms with Crippen molar-refractivity contribution >= 4 is 28.8 Å². The zero-order valence-electron chi connectivity index (χ0n) is 16.6. The first-order valence-electron chi connectivity index (χ1n) is 9.84. The number of rotatable bonds is 5. The van der Waals surface area contributed by atoms with Gasteiger partial charge in [-0.2, -0.15) is 5.10 Å². The third-order valence-electron chi connectivity index (χ3n) is 5.52. The van der Waals surface area contributed by atoms with Crippen molar-refractivity contribution < 1.29 is 14.3 Å². The first-order chi connectivity index (χ1) is 14.1. The average Bonchev–Trinajstić information content (AvgIpc) is 3.16. The second-order valence-electron chi connectivity index (χ2n) is 7.54. The van der Waals surface area contributed by atoms with Gasteiger partial charge in [-0.3, -0.25) is 9.48 Å². The fraction of sp³-hybridized carbons (Fsp3) is 0.364. The zero-order chi connectivity index (χ0) is 20.4. The van der Waals surface area contributed by atoms with Crippen LogP contribution in [0.3, 0.4) is 0 Å². The Bertz CT molecular complexity index is 1050. The lowest BCUT2D eigenvalue weighted by Gasteiger charge is -2.25. The van der Waals surface area contributed by atoms with Crippen LogP contribution >= 0.6 is 0 Å². The van der Waals surface area contributed by atoms with Gasteiger partial charge in [0.2, 0.25) is 0 Å². The number of ether oxygens (including phenoxy) is 1. The van der Waals surface area contributed by atoms with Crippen molar-refractivity contribution in [3.63, 3.8) is 0 Å². The van der Waals surface area contributed by atoms with Gasteiger partial charge in [-0.05, 0) is 50.8 Å². The van der Waals surface area contributed by atoms with Crippen LogP contribution in [0.5, 0.6) is 5.75 Å². The minimum absolute atomic E-state index is 0.174. The molecule has 1 aliphatic rings. The minimum atomic E-state index is -0.286. The fourth-order valence-corrected chi connectivity index (χ4v) is 3.88. The summed E-state index contributed by atoms with van der Waals surface area (Å²) in [6.07, 6.45) is 6.76. The molecule has 4 rings (SSSR count). The number of carbonyl (C=O) groups excluding carboxylic acids is 2. The number of nitrogens with one attached hydrogen (secondary N) is 1. The Kier molecular flexibility index (Phi) is 5.29. The Balaban J connectivity index is 1.60. The van der Waals surface area contributed by atoms with Crippen LogP contribution in [0.2, 0.25) is 0 Å². The molecule has 0 unspecified atom stereocenters. The molecule has 0 bridgehead atoms. The van der Waals surface area contributed by atoms with E-state index in [0.717, 1.165) is 48.6 Å². The van der Waals surface area contributed by atoms with Crippen molar-refractivity contribution in [3.8, 4) is 5.75 Å². The van der Waals surface area contributed by atoms with E-state index in [4.69, 9.17) is 9.84 Å². The number of methoxy groups -OCH3 is 1. The van der Waals surface area contributed by atoms with Gasteiger partial charge in [0, 0.05) is 29.3 Å². The normalized spacial score (nSPS) is 19.1. The number of carbonyl (C=O) groups is 2.